The lowest BCUT2D eigenvalue weighted by molar-refractivity contribution is 0.726. The van der Waals surface area contributed by atoms with Gasteiger partial charge in [-0.2, -0.15) is 10.6 Å². The third kappa shape index (κ3) is 33.6. The molecule has 42 heteroatoms. The van der Waals surface area contributed by atoms with Gasteiger partial charge in [0.1, 0.15) is 0 Å². The first-order valence-electron chi connectivity index (χ1n) is 8.67. The van der Waals surface area contributed by atoms with Gasteiger partial charge >= 0.3 is 0 Å². The summed E-state index contributed by atoms with van der Waals surface area (Å²) in [5.74, 6) is 0. The standard InChI is InChI=1S/CH4N42/c1-3-5-7-9-11-13-15-17-19-21-23-25-27-29-31-33-35-37-39-41-43-42-40-38-36-34-32-30-28-26-24-22-20-18-16-14-12-10-8-6-4-2/h2H,1H3/b4-2?,5-3?,8-6+,9-7+,12-10+,13-11+,16-14+,17-15+,20-18+,21-19+,24-22+,25-23+,28-26+,29-27+,32-30+,33-31+,36-34+,37-35+,40-38+,41-39+,43-42+. The lowest BCUT2D eigenvalue weighted by Crippen LogP contribution is -1.52. The van der Waals surface area contributed by atoms with E-state index in [0.29, 0.717) is 0 Å². The van der Waals surface area contributed by atoms with E-state index in [2.05, 4.69) is 214 Å². The van der Waals surface area contributed by atoms with Gasteiger partial charge in [-0.05, 0) is 83.6 Å². The fourth-order valence-electron chi connectivity index (χ4n) is 0.722. The van der Waals surface area contributed by atoms with Gasteiger partial charge in [-0.1, -0.05) is 0 Å². The molecule has 1 N–H and O–H groups in total. The lowest BCUT2D eigenvalue weighted by Gasteiger charge is -1.70. The smallest absolute Gasteiger partial charge is 0.0510 e. The summed E-state index contributed by atoms with van der Waals surface area (Å²) in [5.41, 5.74) is 6.24. The molecule has 0 amide bonds. The second-order valence-electron chi connectivity index (χ2n) is 3.79. The Morgan fingerprint density at radius 1 is 0.186 bits per heavy atom. The van der Waals surface area contributed by atoms with Gasteiger partial charge in [-0.25, -0.2) is 0 Å². The fourth-order valence-corrected chi connectivity index (χ4v) is 0.722. The Bertz CT molecular complexity index is 1300. The van der Waals surface area contributed by atoms with Gasteiger partial charge in [0.15, 0.2) is 0 Å². The van der Waals surface area contributed by atoms with Gasteiger partial charge in [0, 0.05) is 125 Å². The van der Waals surface area contributed by atoms with E-state index in [1.807, 2.05) is 0 Å². The summed E-state index contributed by atoms with van der Waals surface area (Å²) in [4.78, 5) is 0. The van der Waals surface area contributed by atoms with Crippen LogP contribution in [0.2, 0.25) is 0 Å². The molecule has 0 aliphatic heterocycles. The zero-order valence-corrected chi connectivity index (χ0v) is 19.8. The minimum absolute atomic E-state index is 1.38. The Morgan fingerprint density at radius 3 is 0.419 bits per heavy atom. The van der Waals surface area contributed by atoms with Crippen molar-refractivity contribution in [2.24, 2.45) is 214 Å². The SMILES string of the molecule is CN=N/N=N/N=N/N=N/N=N/N=N/N=N/N=N/N=N/N=N/N=N/N=N/N=N/N=N/N=N/N=N/N=N/N=N/N=N/N=N/N=N. The van der Waals surface area contributed by atoms with Crippen molar-refractivity contribution in [3.8, 4) is 0 Å². The van der Waals surface area contributed by atoms with Crippen LogP contribution in [-0.4, -0.2) is 7.05 Å². The highest BCUT2D eigenvalue weighted by Gasteiger charge is 1.74. The van der Waals surface area contributed by atoms with Crippen molar-refractivity contribution >= 4 is 0 Å². The molecule has 43 heavy (non-hydrogen) atoms. The minimum atomic E-state index is 1.38. The van der Waals surface area contributed by atoms with Crippen LogP contribution in [0.3, 0.4) is 0 Å². The Labute approximate surface area is 227 Å². The van der Waals surface area contributed by atoms with E-state index in [1.54, 1.807) is 0 Å². The van der Waals surface area contributed by atoms with Crippen molar-refractivity contribution in [3.05, 3.63) is 0 Å². The summed E-state index contributed by atoms with van der Waals surface area (Å²) in [7, 11) is 1.38. The van der Waals surface area contributed by atoms with Crippen LogP contribution in [0, 0.1) is 5.53 Å². The Balaban J connectivity index is 4.03. The van der Waals surface area contributed by atoms with Crippen LogP contribution in [0.25, 0.3) is 0 Å². The van der Waals surface area contributed by atoms with Gasteiger partial charge < -0.3 is 0 Å². The average Bonchev–Trinajstić information content (AvgIpc) is 3.02. The number of hydrogen-bond acceptors (Lipinski definition) is 2. The van der Waals surface area contributed by atoms with Gasteiger partial charge in [0.05, 0.1) is 7.05 Å². The summed E-state index contributed by atoms with van der Waals surface area (Å²) in [6, 6.07) is 0. The molecule has 0 atom stereocenters. The summed E-state index contributed by atoms with van der Waals surface area (Å²) in [5, 5.41) is 122. The Morgan fingerprint density at radius 2 is 0.302 bits per heavy atom. The third-order valence-electron chi connectivity index (χ3n) is 1.65. The number of nitrogens with one attached hydrogen (secondary N) is 1. The van der Waals surface area contributed by atoms with Crippen molar-refractivity contribution in [3.63, 3.8) is 0 Å². The van der Waals surface area contributed by atoms with Crippen LogP contribution in [0.1, 0.15) is 0 Å². The van der Waals surface area contributed by atoms with E-state index in [4.69, 9.17) is 5.53 Å². The van der Waals surface area contributed by atoms with Crippen molar-refractivity contribution in [2.75, 3.05) is 7.05 Å². The summed E-state index contributed by atoms with van der Waals surface area (Å²) in [6.45, 7) is 0. The molecular weight excluding hydrogens is 600 g/mol. The number of rotatable bonds is 20. The second kappa shape index (κ2) is 33.6. The maximum Gasteiger partial charge on any atom is 0.0510 e. The molecule has 0 radical (unpaired) electrons. The van der Waals surface area contributed by atoms with Crippen molar-refractivity contribution in [1.82, 2.24) is 0 Å². The fraction of sp³-hybridized carbons (Fsp3) is 1.00. The quantitative estimate of drug-likeness (QED) is 0.102. The summed E-state index contributed by atoms with van der Waals surface area (Å²) in [6.07, 6.45) is 0. The molecule has 0 aromatic rings. The first-order valence-corrected chi connectivity index (χ1v) is 8.67. The first kappa shape index (κ1) is 34.6. The first-order chi connectivity index (χ1) is 21.4. The van der Waals surface area contributed by atoms with Gasteiger partial charge in [0.2, 0.25) is 0 Å². The monoisotopic (exact) mass is 604 g/mol. The van der Waals surface area contributed by atoms with Gasteiger partial charge in [-0.15, -0.1) is 0 Å². The predicted octanol–water partition coefficient (Wildman–Crippen LogP) is 7.99. The number of hydrogen-bond donors (Lipinski definition) is 1. The van der Waals surface area contributed by atoms with Crippen LogP contribution >= 0.6 is 0 Å². The van der Waals surface area contributed by atoms with E-state index >= 15 is 0 Å². The zero-order valence-electron chi connectivity index (χ0n) is 19.8. The van der Waals surface area contributed by atoms with E-state index < -0.39 is 0 Å². The highest BCUT2D eigenvalue weighted by Crippen LogP contribution is 1.92. The third-order valence-corrected chi connectivity index (χ3v) is 1.65. The highest BCUT2D eigenvalue weighted by atomic mass is 15.7. The average molecular weight is 604 g/mol. The maximum atomic E-state index is 6.24. The molecule has 0 rings (SSSR count). The molecule has 0 unspecified atom stereocenters. The van der Waals surface area contributed by atoms with Crippen molar-refractivity contribution in [2.45, 2.75) is 0 Å². The van der Waals surface area contributed by atoms with Crippen LogP contribution < -0.4 is 0 Å². The predicted molar refractivity (Wildman–Crippen MR) is 108 cm³/mol. The molecule has 0 saturated carbocycles. The minimum Gasteiger partial charge on any atom is -0.183 e. The molecule has 0 aromatic heterocycles. The van der Waals surface area contributed by atoms with E-state index in [0.717, 1.165) is 0 Å². The molecule has 42 nitrogen and oxygen atoms in total. The topological polar surface area (TPSA) is 531 Å². The molecule has 0 fully saturated rings. The second-order valence-corrected chi connectivity index (χ2v) is 3.79. The largest absolute Gasteiger partial charge is 0.183 e. The Hall–Kier alpha value is -8.40. The Kier molecular flexibility index (Phi) is 27.0. The molecule has 0 spiro atoms. The van der Waals surface area contributed by atoms with Crippen LogP contribution in [0.4, 0.5) is 0 Å². The van der Waals surface area contributed by atoms with Gasteiger partial charge in [0.25, 0.3) is 0 Å². The maximum absolute atomic E-state index is 6.24. The van der Waals surface area contributed by atoms with Crippen molar-refractivity contribution in [1.29, 1.82) is 5.53 Å². The number of nitrogens with zero attached hydrogens (tertiary/aromatic N) is 41. The summed E-state index contributed by atoms with van der Waals surface area (Å²) < 4.78 is 0. The molecule has 0 heterocycles. The van der Waals surface area contributed by atoms with Gasteiger partial charge in [-0.3, -0.25) is 0 Å². The molecule has 0 saturated heterocycles. The molecular formula is CH4N42. The molecule has 0 aliphatic carbocycles. The van der Waals surface area contributed by atoms with Crippen molar-refractivity contribution < 1.29 is 0 Å². The molecule has 218 valence electrons. The normalized spacial score (nSPS) is 15.2. The molecule has 0 aromatic carbocycles. The molecule has 0 aliphatic rings. The van der Waals surface area contributed by atoms with Crippen LogP contribution in [0.15, 0.2) is 214 Å². The highest BCUT2D eigenvalue weighted by molar-refractivity contribution is 4.17. The summed E-state index contributed by atoms with van der Waals surface area (Å²) >= 11 is 0. The van der Waals surface area contributed by atoms with Crippen LogP contribution in [0.5, 0.6) is 0 Å². The van der Waals surface area contributed by atoms with E-state index in [1.165, 1.54) is 7.05 Å². The van der Waals surface area contributed by atoms with Crippen LogP contribution in [-0.2, 0) is 0 Å². The van der Waals surface area contributed by atoms with E-state index in [9.17, 15) is 0 Å². The lowest BCUT2D eigenvalue weighted by atomic mass is 11.6. The zero-order chi connectivity index (χ0) is 31.0. The van der Waals surface area contributed by atoms with E-state index in [-0.39, 0.29) is 0 Å². The molecule has 0 bridgehead atoms.